The van der Waals surface area contributed by atoms with Gasteiger partial charge in [-0.2, -0.15) is 0 Å². The molecule has 0 saturated carbocycles. The Balaban J connectivity index is 1.61. The van der Waals surface area contributed by atoms with Gasteiger partial charge in [-0.1, -0.05) is 33.8 Å². The predicted molar refractivity (Wildman–Crippen MR) is 121 cm³/mol. The Morgan fingerprint density at radius 1 is 1.27 bits per heavy atom. The number of anilines is 1. The Morgan fingerprint density at radius 3 is 2.83 bits per heavy atom. The van der Waals surface area contributed by atoms with Crippen molar-refractivity contribution in [3.63, 3.8) is 0 Å². The average Bonchev–Trinajstić information content (AvgIpc) is 3.38. The van der Waals surface area contributed by atoms with Crippen LogP contribution < -0.4 is 10.6 Å². The Labute approximate surface area is 193 Å². The van der Waals surface area contributed by atoms with Gasteiger partial charge in [0.25, 0.3) is 5.91 Å². The minimum atomic E-state index is -0.346. The van der Waals surface area contributed by atoms with Crippen LogP contribution in [0.1, 0.15) is 16.4 Å². The summed E-state index contributed by atoms with van der Waals surface area (Å²) in [4.78, 5) is 24.4. The summed E-state index contributed by atoms with van der Waals surface area (Å²) < 4.78 is 8.51. The van der Waals surface area contributed by atoms with Crippen molar-refractivity contribution in [2.45, 2.75) is 18.2 Å². The number of hydrogen-bond donors (Lipinski definition) is 2. The first-order valence-corrected chi connectivity index (χ1v) is 11.3. The number of thioether (sulfide) groups is 1. The highest BCUT2D eigenvalue weighted by atomic mass is 79.9. The highest BCUT2D eigenvalue weighted by Gasteiger charge is 2.16. The van der Waals surface area contributed by atoms with Crippen LogP contribution in [0.15, 0.2) is 67.8 Å². The Kier molecular flexibility index (Phi) is 7.88. The number of halogens is 2. The molecule has 11 heteroatoms. The molecule has 0 unspecified atom stereocenters. The van der Waals surface area contributed by atoms with E-state index < -0.39 is 0 Å². The van der Waals surface area contributed by atoms with E-state index in [-0.39, 0.29) is 29.9 Å². The number of nitrogens with one attached hydrogen (secondary N) is 2. The highest BCUT2D eigenvalue weighted by molar-refractivity contribution is 9.11. The lowest BCUT2D eigenvalue weighted by Crippen LogP contribution is -2.24. The smallest absolute Gasteiger partial charge is 0.287 e. The van der Waals surface area contributed by atoms with Gasteiger partial charge in [-0.05, 0) is 46.3 Å². The van der Waals surface area contributed by atoms with Gasteiger partial charge in [0.15, 0.2) is 16.7 Å². The zero-order chi connectivity index (χ0) is 21.5. The fourth-order valence-corrected chi connectivity index (χ4v) is 3.91. The van der Waals surface area contributed by atoms with Gasteiger partial charge < -0.3 is 19.6 Å². The van der Waals surface area contributed by atoms with Gasteiger partial charge in [0, 0.05) is 15.5 Å². The number of furan rings is 1. The van der Waals surface area contributed by atoms with E-state index in [9.17, 15) is 9.59 Å². The molecule has 0 spiro atoms. The van der Waals surface area contributed by atoms with E-state index >= 15 is 0 Å². The van der Waals surface area contributed by atoms with E-state index in [1.54, 1.807) is 22.8 Å². The topological polar surface area (TPSA) is 102 Å². The van der Waals surface area contributed by atoms with Crippen molar-refractivity contribution >= 4 is 61.1 Å². The largest absolute Gasteiger partial charge is 0.459 e. The van der Waals surface area contributed by atoms with Crippen LogP contribution in [0, 0.1) is 0 Å². The van der Waals surface area contributed by atoms with Crippen molar-refractivity contribution in [2.24, 2.45) is 0 Å². The Hall–Kier alpha value is -2.37. The standard InChI is InChI=1S/C19H17Br2N5O3S/c1-2-7-26-16(10-22-18(28)15-4-3-8-29-15)24-25-19(26)30-11-17(27)23-14-9-12(20)5-6-13(14)21/h2-6,8-9H,1,7,10-11H2,(H,22,28)(H,23,27). The number of allylic oxidation sites excluding steroid dienone is 1. The molecular formula is C19H17Br2N5O3S. The second-order valence-corrected chi connectivity index (χ2v) is 8.63. The summed E-state index contributed by atoms with van der Waals surface area (Å²) in [5, 5.41) is 14.4. The van der Waals surface area contributed by atoms with Gasteiger partial charge in [-0.3, -0.25) is 9.59 Å². The lowest BCUT2D eigenvalue weighted by molar-refractivity contribution is -0.113. The molecule has 156 valence electrons. The molecule has 3 rings (SSSR count). The summed E-state index contributed by atoms with van der Waals surface area (Å²) in [6.07, 6.45) is 3.13. The van der Waals surface area contributed by atoms with E-state index in [2.05, 4.69) is 59.3 Å². The van der Waals surface area contributed by atoms with Crippen LogP contribution >= 0.6 is 43.6 Å². The zero-order valence-corrected chi connectivity index (χ0v) is 19.6. The first kappa shape index (κ1) is 22.3. The summed E-state index contributed by atoms with van der Waals surface area (Å²) in [6, 6.07) is 8.75. The lowest BCUT2D eigenvalue weighted by Gasteiger charge is -2.09. The van der Waals surface area contributed by atoms with Gasteiger partial charge in [0.1, 0.15) is 0 Å². The third-order valence-electron chi connectivity index (χ3n) is 3.79. The first-order valence-electron chi connectivity index (χ1n) is 8.70. The summed E-state index contributed by atoms with van der Waals surface area (Å²) in [5.41, 5.74) is 0.670. The number of carbonyl (C=O) groups excluding carboxylic acids is 2. The van der Waals surface area contributed by atoms with Crippen LogP contribution in [-0.4, -0.2) is 32.3 Å². The summed E-state index contributed by atoms with van der Waals surface area (Å²) >= 11 is 8.05. The summed E-state index contributed by atoms with van der Waals surface area (Å²) in [7, 11) is 0. The van der Waals surface area contributed by atoms with Crippen molar-refractivity contribution in [2.75, 3.05) is 11.1 Å². The van der Waals surface area contributed by atoms with Crippen LogP contribution in [0.4, 0.5) is 5.69 Å². The molecule has 2 N–H and O–H groups in total. The van der Waals surface area contributed by atoms with Gasteiger partial charge in [0.2, 0.25) is 5.91 Å². The van der Waals surface area contributed by atoms with E-state index in [1.807, 2.05) is 18.2 Å². The number of amides is 2. The monoisotopic (exact) mass is 553 g/mol. The van der Waals surface area contributed by atoms with E-state index in [1.165, 1.54) is 18.0 Å². The molecule has 0 aliphatic carbocycles. The molecule has 2 heterocycles. The van der Waals surface area contributed by atoms with E-state index in [0.717, 1.165) is 8.95 Å². The molecule has 30 heavy (non-hydrogen) atoms. The Bertz CT molecular complexity index is 1050. The molecule has 0 saturated heterocycles. The maximum atomic E-state index is 12.4. The molecule has 0 atom stereocenters. The second kappa shape index (κ2) is 10.6. The van der Waals surface area contributed by atoms with Crippen LogP contribution in [0.5, 0.6) is 0 Å². The molecule has 0 aliphatic heterocycles. The SMILES string of the molecule is C=CCn1c(CNC(=O)c2ccco2)nnc1SCC(=O)Nc1cc(Br)ccc1Br. The van der Waals surface area contributed by atoms with Crippen LogP contribution in [0.3, 0.4) is 0 Å². The third kappa shape index (κ3) is 5.83. The van der Waals surface area contributed by atoms with E-state index in [4.69, 9.17) is 4.42 Å². The molecule has 0 bridgehead atoms. The van der Waals surface area contributed by atoms with Crippen LogP contribution in [0.2, 0.25) is 0 Å². The van der Waals surface area contributed by atoms with E-state index in [0.29, 0.717) is 23.2 Å². The number of rotatable bonds is 9. The normalized spacial score (nSPS) is 10.6. The van der Waals surface area contributed by atoms with Crippen molar-refractivity contribution in [3.8, 4) is 0 Å². The second-order valence-electron chi connectivity index (χ2n) is 5.92. The quantitative estimate of drug-likeness (QED) is 0.303. The average molecular weight is 555 g/mol. The number of aromatic nitrogens is 3. The molecular weight excluding hydrogens is 538 g/mol. The summed E-state index contributed by atoms with van der Waals surface area (Å²) in [6.45, 7) is 4.36. The zero-order valence-electron chi connectivity index (χ0n) is 15.6. The lowest BCUT2D eigenvalue weighted by atomic mass is 10.3. The maximum Gasteiger partial charge on any atom is 0.287 e. The van der Waals surface area contributed by atoms with Gasteiger partial charge in [-0.25, -0.2) is 0 Å². The van der Waals surface area contributed by atoms with Crippen LogP contribution in [-0.2, 0) is 17.9 Å². The molecule has 0 fully saturated rings. The molecule has 1 aromatic carbocycles. The first-order chi connectivity index (χ1) is 14.5. The van der Waals surface area contributed by atoms with Crippen molar-refractivity contribution in [1.29, 1.82) is 0 Å². The molecule has 0 aliphatic rings. The van der Waals surface area contributed by atoms with Gasteiger partial charge >= 0.3 is 0 Å². The molecule has 8 nitrogen and oxygen atoms in total. The number of carbonyl (C=O) groups is 2. The van der Waals surface area contributed by atoms with Crippen LogP contribution in [0.25, 0.3) is 0 Å². The summed E-state index contributed by atoms with van der Waals surface area (Å²) in [5.74, 6) is 0.385. The number of benzene rings is 1. The highest BCUT2D eigenvalue weighted by Crippen LogP contribution is 2.26. The van der Waals surface area contributed by atoms with Crippen molar-refractivity contribution in [3.05, 3.63) is 69.8 Å². The third-order valence-corrected chi connectivity index (χ3v) is 5.94. The van der Waals surface area contributed by atoms with Gasteiger partial charge in [-0.15, -0.1) is 16.8 Å². The minimum Gasteiger partial charge on any atom is -0.459 e. The Morgan fingerprint density at radius 2 is 2.10 bits per heavy atom. The van der Waals surface area contributed by atoms with Crippen molar-refractivity contribution < 1.29 is 14.0 Å². The molecule has 2 aromatic heterocycles. The fourth-order valence-electron chi connectivity index (χ4n) is 2.43. The molecule has 2 amide bonds. The predicted octanol–water partition coefficient (Wildman–Crippen LogP) is 4.24. The molecule has 3 aromatic rings. The van der Waals surface area contributed by atoms with Crippen molar-refractivity contribution in [1.82, 2.24) is 20.1 Å². The fraction of sp³-hybridized carbons (Fsp3) is 0.158. The number of hydrogen-bond acceptors (Lipinski definition) is 6. The van der Waals surface area contributed by atoms with Gasteiger partial charge in [0.05, 0.1) is 24.2 Å². The molecule has 0 radical (unpaired) electrons. The number of nitrogens with zero attached hydrogens (tertiary/aromatic N) is 3. The minimum absolute atomic E-state index is 0.146. The maximum absolute atomic E-state index is 12.4.